The third-order valence-corrected chi connectivity index (χ3v) is 13.4. The van der Waals surface area contributed by atoms with Crippen LogP contribution in [0.1, 0.15) is 33.4 Å². The van der Waals surface area contributed by atoms with Crippen molar-refractivity contribution in [1.29, 1.82) is 0 Å². The van der Waals surface area contributed by atoms with Crippen LogP contribution in [0.15, 0.2) is 128 Å². The molecule has 11 heterocycles. The zero-order valence-corrected chi connectivity index (χ0v) is 39.0. The van der Waals surface area contributed by atoms with Crippen LogP contribution in [0.2, 0.25) is 0 Å². The lowest BCUT2D eigenvalue weighted by molar-refractivity contribution is -0.124. The van der Waals surface area contributed by atoms with E-state index in [9.17, 15) is 19.2 Å². The smallest absolute Gasteiger partial charge is 0.259 e. The van der Waals surface area contributed by atoms with E-state index in [0.717, 1.165) is 49.4 Å². The number of carbonyl (C=O) groups excluding carboxylic acids is 4. The average molecular weight is 962 g/mol. The van der Waals surface area contributed by atoms with Gasteiger partial charge < -0.3 is 37.2 Å². The van der Waals surface area contributed by atoms with Gasteiger partial charge in [0.05, 0.1) is 75.1 Å². The number of nitrogens with zero attached hydrogens (tertiary/aromatic N) is 7. The Morgan fingerprint density at radius 3 is 1.25 bits per heavy atom. The standard InChI is InChI=1S/C28H29N5O6.C27H18N4O2/c34-27-23-21-17-32(25-19(21)3-1-5-29-25)7-9-36-11-13-38-15-16-39-14-12-37-10-8-33-18-22(24(23)28(35)31-27)20-4-2-6-30-26(20)33;32-26-23-20-14-30(22-9-2-1-7-18(20)22)12-16-5-3-6-17(11-16)13-31-15-21(24(23)27(33)29-26)19-8-4-10-28-25(19)31/h1-6,17-18H,7-16H2,(H,31,34,35);1-11,14-15H,12-13H2,(H,29,32,33). The van der Waals surface area contributed by atoms with Crippen LogP contribution < -0.4 is 10.6 Å². The Kier molecular flexibility index (Phi) is 11.9. The van der Waals surface area contributed by atoms with Gasteiger partial charge in [0.2, 0.25) is 0 Å². The number of aromatic nitrogens is 7. The van der Waals surface area contributed by atoms with Crippen molar-refractivity contribution in [3.8, 4) is 0 Å². The second-order valence-electron chi connectivity index (χ2n) is 17.8. The number of benzene rings is 2. The van der Waals surface area contributed by atoms with Gasteiger partial charge in [-0.05, 0) is 53.6 Å². The number of imide groups is 2. The maximum Gasteiger partial charge on any atom is 0.259 e. The summed E-state index contributed by atoms with van der Waals surface area (Å²) in [4.78, 5) is 66.5. The molecule has 0 spiro atoms. The molecule has 17 heteroatoms. The van der Waals surface area contributed by atoms with Crippen LogP contribution in [0, 0.1) is 0 Å². The van der Waals surface area contributed by atoms with E-state index < -0.39 is 11.8 Å². The molecule has 0 atom stereocenters. The summed E-state index contributed by atoms with van der Waals surface area (Å²) in [5.41, 5.74) is 9.82. The first-order chi connectivity index (χ1) is 35.4. The largest absolute Gasteiger partial charge is 0.377 e. The SMILES string of the molecule is O=C1NC(=O)C2=C1c1cn(c3ccccc13)Cc1cccc(c1)Cn1cc2c2cccnc21.O=C1NC(=O)C2=C1c1cn(c3ncccc13)CCOCCOCCOCCOCCn1cc2c2cccnc21. The Bertz CT molecular complexity index is 3490. The molecule has 0 unspecified atom stereocenters. The lowest BCUT2D eigenvalue weighted by atomic mass is 9.96. The molecule has 72 heavy (non-hydrogen) atoms. The maximum atomic E-state index is 13.3. The molecule has 17 nitrogen and oxygen atoms in total. The summed E-state index contributed by atoms with van der Waals surface area (Å²) in [6.45, 7) is 6.03. The number of rotatable bonds is 0. The summed E-state index contributed by atoms with van der Waals surface area (Å²) in [7, 11) is 0. The van der Waals surface area contributed by atoms with Crippen LogP contribution in [0.5, 0.6) is 0 Å². The highest BCUT2D eigenvalue weighted by atomic mass is 16.6. The Labute approximate surface area is 411 Å². The van der Waals surface area contributed by atoms with Gasteiger partial charge in [-0.3, -0.25) is 29.8 Å². The fraction of sp³-hybridized carbons (Fsp3) is 0.218. The normalized spacial score (nSPS) is 17.1. The van der Waals surface area contributed by atoms with Gasteiger partial charge in [-0.2, -0.15) is 0 Å². The third kappa shape index (κ3) is 8.17. The number of pyridine rings is 3. The van der Waals surface area contributed by atoms with Crippen molar-refractivity contribution in [2.45, 2.75) is 26.2 Å². The van der Waals surface area contributed by atoms with Gasteiger partial charge in [0.15, 0.2) is 0 Å². The van der Waals surface area contributed by atoms with Gasteiger partial charge in [0.25, 0.3) is 23.6 Å². The summed E-state index contributed by atoms with van der Waals surface area (Å²) >= 11 is 0. The molecule has 2 N–H and O–H groups in total. The summed E-state index contributed by atoms with van der Waals surface area (Å²) in [5, 5.41) is 8.42. The topological polar surface area (TPSA) is 188 Å². The quantitative estimate of drug-likeness (QED) is 0.170. The van der Waals surface area contributed by atoms with E-state index in [1.165, 1.54) is 5.56 Å². The van der Waals surface area contributed by atoms with Crippen molar-refractivity contribution < 1.29 is 38.1 Å². The van der Waals surface area contributed by atoms with Crippen molar-refractivity contribution >= 4 is 89.9 Å². The summed E-state index contributed by atoms with van der Waals surface area (Å²) in [6, 6.07) is 27.8. The fourth-order valence-corrected chi connectivity index (χ4v) is 10.2. The number of fused-ring (bicyclic) bond motifs is 26. The lowest BCUT2D eigenvalue weighted by Gasteiger charge is -2.09. The molecule has 0 fully saturated rings. The first-order valence-electron chi connectivity index (χ1n) is 23.9. The molecule has 4 aliphatic heterocycles. The summed E-state index contributed by atoms with van der Waals surface area (Å²) < 4.78 is 30.8. The van der Waals surface area contributed by atoms with E-state index in [4.69, 9.17) is 18.9 Å². The van der Waals surface area contributed by atoms with E-state index in [1.54, 1.807) is 18.6 Å². The van der Waals surface area contributed by atoms with Crippen molar-refractivity contribution in [2.24, 2.45) is 0 Å². The average Bonchev–Trinajstić information content (AvgIpc) is 4.24. The monoisotopic (exact) mass is 961 g/mol. The van der Waals surface area contributed by atoms with Gasteiger partial charge in [0.1, 0.15) is 16.9 Å². The van der Waals surface area contributed by atoms with E-state index in [2.05, 4.69) is 65.1 Å². The molecule has 4 amide bonds. The van der Waals surface area contributed by atoms with Crippen molar-refractivity contribution in [1.82, 2.24) is 43.9 Å². The Morgan fingerprint density at radius 1 is 0.389 bits per heavy atom. The van der Waals surface area contributed by atoms with Crippen LogP contribution in [0.4, 0.5) is 0 Å². The zero-order valence-electron chi connectivity index (χ0n) is 39.0. The van der Waals surface area contributed by atoms with Crippen molar-refractivity contribution in [3.63, 3.8) is 0 Å². The fourth-order valence-electron chi connectivity index (χ4n) is 10.2. The molecule has 0 radical (unpaired) electrons. The highest BCUT2D eigenvalue weighted by Crippen LogP contribution is 2.41. The van der Waals surface area contributed by atoms with E-state index >= 15 is 0 Å². The summed E-state index contributed by atoms with van der Waals surface area (Å²) in [5.74, 6) is -1.61. The molecule has 360 valence electrons. The molecular weight excluding hydrogens is 915 g/mol. The van der Waals surface area contributed by atoms with Gasteiger partial charge in [-0.1, -0.05) is 42.5 Å². The second kappa shape index (κ2) is 19.1. The molecule has 9 aromatic rings. The number of ether oxygens (including phenoxy) is 4. The van der Waals surface area contributed by atoms with Gasteiger partial charge in [-0.25, -0.2) is 15.0 Å². The van der Waals surface area contributed by atoms with Gasteiger partial charge in [-0.15, -0.1) is 0 Å². The lowest BCUT2D eigenvalue weighted by Crippen LogP contribution is -2.22. The predicted octanol–water partition coefficient (Wildman–Crippen LogP) is 6.00. The van der Waals surface area contributed by atoms with E-state index in [-0.39, 0.29) is 11.8 Å². The second-order valence-corrected chi connectivity index (χ2v) is 17.8. The van der Waals surface area contributed by atoms with Crippen LogP contribution in [0.25, 0.3) is 66.3 Å². The maximum absolute atomic E-state index is 13.3. The number of amides is 4. The Morgan fingerprint density at radius 2 is 0.764 bits per heavy atom. The zero-order chi connectivity index (χ0) is 48.7. The van der Waals surface area contributed by atoms with Crippen molar-refractivity contribution in [2.75, 3.05) is 52.9 Å². The first kappa shape index (κ1) is 44.8. The third-order valence-electron chi connectivity index (χ3n) is 13.4. The molecule has 2 aromatic carbocycles. The number of hydrogen-bond acceptors (Lipinski definition) is 11. The molecule has 10 bridgehead atoms. The van der Waals surface area contributed by atoms with Gasteiger partial charge >= 0.3 is 0 Å². The number of para-hydroxylation sites is 1. The van der Waals surface area contributed by atoms with Crippen LogP contribution >= 0.6 is 0 Å². The molecule has 0 saturated heterocycles. The first-order valence-corrected chi connectivity index (χ1v) is 23.9. The van der Waals surface area contributed by atoms with E-state index in [0.29, 0.717) is 124 Å². The molecule has 7 aromatic heterocycles. The molecule has 4 aliphatic rings. The highest BCUT2D eigenvalue weighted by Gasteiger charge is 2.37. The molecule has 13 rings (SSSR count). The van der Waals surface area contributed by atoms with Gasteiger partial charge in [0, 0.05) is 119 Å². The number of carbonyl (C=O) groups is 4. The number of nitrogens with one attached hydrogen (secondary N) is 2. The Balaban J connectivity index is 0.000000149. The minimum atomic E-state index is -0.436. The number of hydrogen-bond donors (Lipinski definition) is 2. The highest BCUT2D eigenvalue weighted by molar-refractivity contribution is 6.51. The molecule has 0 aliphatic carbocycles. The van der Waals surface area contributed by atoms with Crippen LogP contribution in [-0.4, -0.2) is 110 Å². The van der Waals surface area contributed by atoms with Crippen LogP contribution in [-0.2, 0) is 64.3 Å². The Hall–Kier alpha value is -8.35. The molecule has 0 saturated carbocycles. The molecular formula is C55H47N9O8. The minimum absolute atomic E-state index is 0.324. The predicted molar refractivity (Wildman–Crippen MR) is 269 cm³/mol. The van der Waals surface area contributed by atoms with Crippen LogP contribution in [0.3, 0.4) is 0 Å². The minimum Gasteiger partial charge on any atom is -0.377 e. The van der Waals surface area contributed by atoms with Crippen molar-refractivity contribution in [3.05, 3.63) is 162 Å². The van der Waals surface area contributed by atoms with E-state index in [1.807, 2.05) is 88.5 Å². The summed E-state index contributed by atoms with van der Waals surface area (Å²) in [6.07, 6.45) is 12.9.